The van der Waals surface area contributed by atoms with Gasteiger partial charge in [-0.05, 0) is 23.8 Å². The Morgan fingerprint density at radius 3 is 2.78 bits per heavy atom. The van der Waals surface area contributed by atoms with Gasteiger partial charge in [0.25, 0.3) is 6.43 Å². The highest BCUT2D eigenvalue weighted by Gasteiger charge is 2.30. The van der Waals surface area contributed by atoms with E-state index in [0.29, 0.717) is 28.7 Å². The average Bonchev–Trinajstić information content (AvgIpc) is 3.20. The van der Waals surface area contributed by atoms with Gasteiger partial charge in [0.05, 0.1) is 29.9 Å². The largest absolute Gasteiger partial charge is 0.447 e. The molecule has 1 aliphatic heterocycles. The minimum atomic E-state index is -2.90. The van der Waals surface area contributed by atoms with Crippen molar-refractivity contribution in [2.24, 2.45) is 0 Å². The van der Waals surface area contributed by atoms with Gasteiger partial charge in [0.15, 0.2) is 0 Å². The molecule has 1 amide bonds. The molecular weight excluding hydrogens is 361 g/mol. The Bertz CT molecular complexity index is 1020. The molecule has 0 saturated carbocycles. The molecule has 1 fully saturated rings. The van der Waals surface area contributed by atoms with Gasteiger partial charge >= 0.3 is 6.09 Å². The monoisotopic (exact) mass is 376 g/mol. The second-order valence-electron chi connectivity index (χ2n) is 6.33. The van der Waals surface area contributed by atoms with E-state index < -0.39 is 17.8 Å². The van der Waals surface area contributed by atoms with E-state index in [1.807, 2.05) is 0 Å². The number of carbonyl (C=O) groups excluding carboxylic acids is 1. The van der Waals surface area contributed by atoms with Crippen LogP contribution in [0.1, 0.15) is 12.0 Å². The van der Waals surface area contributed by atoms with Crippen molar-refractivity contribution in [2.75, 3.05) is 13.7 Å². The van der Waals surface area contributed by atoms with Crippen LogP contribution in [-0.4, -0.2) is 45.5 Å². The van der Waals surface area contributed by atoms with Crippen LogP contribution in [0.15, 0.2) is 36.7 Å². The van der Waals surface area contributed by atoms with Crippen molar-refractivity contribution in [2.45, 2.75) is 19.0 Å². The van der Waals surface area contributed by atoms with Crippen LogP contribution in [0.4, 0.5) is 18.0 Å². The van der Waals surface area contributed by atoms with Gasteiger partial charge in [-0.15, -0.1) is 0 Å². The zero-order valence-electron chi connectivity index (χ0n) is 14.3. The zero-order valence-corrected chi connectivity index (χ0v) is 14.3. The minimum Gasteiger partial charge on any atom is -0.447 e. The van der Waals surface area contributed by atoms with Crippen LogP contribution < -0.4 is 0 Å². The lowest BCUT2D eigenvalue weighted by Gasteiger charge is -2.16. The third-order valence-electron chi connectivity index (χ3n) is 4.68. The van der Waals surface area contributed by atoms with E-state index in [4.69, 9.17) is 4.74 Å². The second-order valence-corrected chi connectivity index (χ2v) is 6.33. The molecule has 1 aliphatic rings. The highest BCUT2D eigenvalue weighted by Crippen LogP contribution is 2.29. The Hall–Kier alpha value is -3.10. The molecule has 6 nitrogen and oxygen atoms in total. The standard InChI is InChI=1S/C18H15F3N4O2/c1-24-12(9-27-18(24)26)8-25-16-5-11(6-22-15(16)7-23-25)10-2-3-14(19)13(4-10)17(20)21/h2-7,12,17H,8-9H2,1H3. The van der Waals surface area contributed by atoms with Crippen LogP contribution in [0.3, 0.4) is 0 Å². The van der Waals surface area contributed by atoms with Crippen molar-refractivity contribution >= 4 is 17.1 Å². The minimum absolute atomic E-state index is 0.166. The number of hydrogen-bond acceptors (Lipinski definition) is 4. The molecule has 0 bridgehead atoms. The summed E-state index contributed by atoms with van der Waals surface area (Å²) in [5, 5.41) is 4.29. The number of ether oxygens (including phenoxy) is 1. The molecule has 140 valence electrons. The predicted octanol–water partition coefficient (Wildman–Crippen LogP) is 3.63. The van der Waals surface area contributed by atoms with Gasteiger partial charge in [-0.2, -0.15) is 5.10 Å². The number of alkyl halides is 2. The summed E-state index contributed by atoms with van der Waals surface area (Å²) in [7, 11) is 1.65. The maximum atomic E-state index is 13.5. The van der Waals surface area contributed by atoms with E-state index in [1.54, 1.807) is 24.0 Å². The lowest BCUT2D eigenvalue weighted by molar-refractivity contribution is 0.146. The summed E-state index contributed by atoms with van der Waals surface area (Å²) in [5.74, 6) is -0.943. The Kier molecular flexibility index (Phi) is 4.21. The first-order chi connectivity index (χ1) is 12.9. The third kappa shape index (κ3) is 3.09. The van der Waals surface area contributed by atoms with Crippen LogP contribution in [0.25, 0.3) is 22.2 Å². The number of carbonyl (C=O) groups is 1. The number of benzene rings is 1. The number of rotatable bonds is 4. The molecule has 4 rings (SSSR count). The van der Waals surface area contributed by atoms with E-state index in [2.05, 4.69) is 10.1 Å². The number of amides is 1. The normalized spacial score (nSPS) is 17.1. The summed E-state index contributed by atoms with van der Waals surface area (Å²) in [6.07, 6.45) is -0.166. The molecule has 2 aromatic heterocycles. The molecule has 3 aromatic rings. The summed E-state index contributed by atoms with van der Waals surface area (Å²) in [6.45, 7) is 0.669. The van der Waals surface area contributed by atoms with Gasteiger partial charge in [0.2, 0.25) is 0 Å². The summed E-state index contributed by atoms with van der Waals surface area (Å²) in [5.41, 5.74) is 1.67. The fourth-order valence-corrected chi connectivity index (χ4v) is 3.06. The van der Waals surface area contributed by atoms with E-state index in [1.165, 1.54) is 17.2 Å². The first-order valence-electron chi connectivity index (χ1n) is 8.23. The van der Waals surface area contributed by atoms with E-state index in [9.17, 15) is 18.0 Å². The number of nitrogens with zero attached hydrogens (tertiary/aromatic N) is 4. The maximum Gasteiger partial charge on any atom is 0.410 e. The quantitative estimate of drug-likeness (QED) is 0.698. The van der Waals surface area contributed by atoms with E-state index in [0.717, 1.165) is 12.1 Å². The summed E-state index contributed by atoms with van der Waals surface area (Å²) in [4.78, 5) is 17.3. The van der Waals surface area contributed by atoms with Crippen molar-refractivity contribution in [1.29, 1.82) is 0 Å². The van der Waals surface area contributed by atoms with Crippen molar-refractivity contribution in [3.63, 3.8) is 0 Å². The van der Waals surface area contributed by atoms with Crippen molar-refractivity contribution in [3.8, 4) is 11.1 Å². The maximum absolute atomic E-state index is 13.5. The molecule has 3 heterocycles. The molecule has 0 aliphatic carbocycles. The van der Waals surface area contributed by atoms with Crippen LogP contribution in [0.5, 0.6) is 0 Å². The van der Waals surface area contributed by atoms with Crippen LogP contribution in [0, 0.1) is 5.82 Å². The predicted molar refractivity (Wildman–Crippen MR) is 90.8 cm³/mol. The van der Waals surface area contributed by atoms with Gasteiger partial charge in [0.1, 0.15) is 17.9 Å². The van der Waals surface area contributed by atoms with Gasteiger partial charge in [-0.25, -0.2) is 18.0 Å². The summed E-state index contributed by atoms with van der Waals surface area (Å²) in [6, 6.07) is 5.17. The molecular formula is C18H15F3N4O2. The fraction of sp³-hybridized carbons (Fsp3) is 0.278. The first-order valence-corrected chi connectivity index (χ1v) is 8.23. The van der Waals surface area contributed by atoms with Gasteiger partial charge in [-0.3, -0.25) is 9.67 Å². The Morgan fingerprint density at radius 1 is 1.26 bits per heavy atom. The number of cyclic esters (lactones) is 1. The van der Waals surface area contributed by atoms with Crippen molar-refractivity contribution in [1.82, 2.24) is 19.7 Å². The topological polar surface area (TPSA) is 60.2 Å². The zero-order chi connectivity index (χ0) is 19.1. The summed E-state index contributed by atoms with van der Waals surface area (Å²) >= 11 is 0. The first kappa shape index (κ1) is 17.3. The lowest BCUT2D eigenvalue weighted by Crippen LogP contribution is -2.33. The van der Waals surface area contributed by atoms with Gasteiger partial charge < -0.3 is 9.64 Å². The summed E-state index contributed by atoms with van der Waals surface area (Å²) < 4.78 is 46.2. The second kappa shape index (κ2) is 6.57. The average molecular weight is 376 g/mol. The fourth-order valence-electron chi connectivity index (χ4n) is 3.06. The highest BCUT2D eigenvalue weighted by atomic mass is 19.3. The third-order valence-corrected chi connectivity index (χ3v) is 4.68. The Balaban J connectivity index is 1.70. The van der Waals surface area contributed by atoms with Gasteiger partial charge in [-0.1, -0.05) is 6.07 Å². The van der Waals surface area contributed by atoms with Crippen molar-refractivity contribution < 1.29 is 22.7 Å². The molecule has 1 saturated heterocycles. The number of hydrogen-bond donors (Lipinski definition) is 0. The number of likely N-dealkylation sites (N-methyl/N-ethyl adjacent to an activating group) is 1. The molecule has 27 heavy (non-hydrogen) atoms. The Labute approximate surface area is 152 Å². The Morgan fingerprint density at radius 2 is 2.07 bits per heavy atom. The molecule has 1 atom stereocenters. The number of fused-ring (bicyclic) bond motifs is 1. The van der Waals surface area contributed by atoms with E-state index >= 15 is 0 Å². The SMILES string of the molecule is CN1C(=O)OCC1Cn1ncc2ncc(-c3ccc(F)c(C(F)F)c3)cc21. The van der Waals surface area contributed by atoms with Crippen LogP contribution in [0.2, 0.25) is 0 Å². The molecule has 1 aromatic carbocycles. The van der Waals surface area contributed by atoms with E-state index in [-0.39, 0.29) is 18.7 Å². The molecule has 1 unspecified atom stereocenters. The van der Waals surface area contributed by atoms with Crippen LogP contribution >= 0.6 is 0 Å². The lowest BCUT2D eigenvalue weighted by atomic mass is 10.0. The molecule has 0 spiro atoms. The number of halogens is 3. The molecule has 0 radical (unpaired) electrons. The highest BCUT2D eigenvalue weighted by molar-refractivity contribution is 5.80. The van der Waals surface area contributed by atoms with Gasteiger partial charge in [0, 0.05) is 18.8 Å². The molecule has 9 heteroatoms. The van der Waals surface area contributed by atoms with Crippen molar-refractivity contribution in [3.05, 3.63) is 48.0 Å². The molecule has 0 N–H and O–H groups in total. The van der Waals surface area contributed by atoms with Crippen LogP contribution in [-0.2, 0) is 11.3 Å². The number of pyridine rings is 1. The number of aromatic nitrogens is 3. The smallest absolute Gasteiger partial charge is 0.410 e.